The van der Waals surface area contributed by atoms with Crippen molar-refractivity contribution in [3.05, 3.63) is 59.7 Å². The Bertz CT molecular complexity index is 864. The van der Waals surface area contributed by atoms with Crippen LogP contribution < -0.4 is 15.0 Å². The number of hydrogen-bond acceptors (Lipinski definition) is 3. The summed E-state index contributed by atoms with van der Waals surface area (Å²) in [4.78, 5) is 27.1. The van der Waals surface area contributed by atoms with Gasteiger partial charge in [-0.25, -0.2) is 0 Å². The molecule has 1 aliphatic carbocycles. The van der Waals surface area contributed by atoms with Gasteiger partial charge >= 0.3 is 0 Å². The van der Waals surface area contributed by atoms with Gasteiger partial charge in [-0.1, -0.05) is 36.4 Å². The Morgan fingerprint density at radius 3 is 2.78 bits per heavy atom. The van der Waals surface area contributed by atoms with Crippen molar-refractivity contribution in [3.8, 4) is 5.75 Å². The van der Waals surface area contributed by atoms with Crippen molar-refractivity contribution in [2.75, 3.05) is 18.6 Å². The summed E-state index contributed by atoms with van der Waals surface area (Å²) in [7, 11) is 1.59. The molecule has 27 heavy (non-hydrogen) atoms. The molecule has 2 amide bonds. The second-order valence-corrected chi connectivity index (χ2v) is 7.23. The fraction of sp³-hybridized carbons (Fsp3) is 0.364. The summed E-state index contributed by atoms with van der Waals surface area (Å²) in [5.74, 6) is 0.232. The quantitative estimate of drug-likeness (QED) is 0.906. The molecular weight excluding hydrogens is 340 g/mol. The first-order valence-electron chi connectivity index (χ1n) is 9.49. The fourth-order valence-electron chi connectivity index (χ4n) is 4.16. The second kappa shape index (κ2) is 7.43. The van der Waals surface area contributed by atoms with Crippen LogP contribution in [0.1, 0.15) is 36.4 Å². The van der Waals surface area contributed by atoms with Crippen LogP contribution in [0.5, 0.6) is 5.75 Å². The van der Waals surface area contributed by atoms with Crippen LogP contribution in [-0.4, -0.2) is 25.5 Å². The molecule has 0 bridgehead atoms. The van der Waals surface area contributed by atoms with Crippen LogP contribution in [0.15, 0.2) is 48.5 Å². The van der Waals surface area contributed by atoms with Gasteiger partial charge in [-0.3, -0.25) is 9.59 Å². The molecule has 0 aromatic heterocycles. The molecule has 0 saturated carbocycles. The molecule has 1 saturated heterocycles. The summed E-state index contributed by atoms with van der Waals surface area (Å²) < 4.78 is 5.37. The van der Waals surface area contributed by atoms with Gasteiger partial charge in [0.1, 0.15) is 5.75 Å². The first kappa shape index (κ1) is 17.6. The molecule has 1 N–H and O–H groups in total. The third kappa shape index (κ3) is 3.42. The minimum absolute atomic E-state index is 0.0382. The average molecular weight is 364 g/mol. The second-order valence-electron chi connectivity index (χ2n) is 7.23. The Morgan fingerprint density at radius 1 is 1.15 bits per heavy atom. The molecule has 1 aliphatic heterocycles. The van der Waals surface area contributed by atoms with Gasteiger partial charge in [0.05, 0.1) is 24.8 Å². The number of fused-ring (bicyclic) bond motifs is 1. The molecule has 2 aromatic carbocycles. The van der Waals surface area contributed by atoms with E-state index in [4.69, 9.17) is 4.74 Å². The summed E-state index contributed by atoms with van der Waals surface area (Å²) in [6, 6.07) is 15.8. The number of carbonyl (C=O) groups excluding carboxylic acids is 2. The standard InChI is InChI=1S/C22H24N2O3/c1-27-20-12-5-4-11-19(20)24-14-16(13-21(24)25)22(26)23-18-10-6-8-15-7-2-3-9-17(15)18/h2-5,7,9,11-12,16,18H,6,8,10,13-14H2,1H3,(H,23,26). The number of rotatable bonds is 4. The minimum atomic E-state index is -0.337. The maximum absolute atomic E-state index is 12.9. The van der Waals surface area contributed by atoms with Crippen molar-refractivity contribution in [2.45, 2.75) is 31.7 Å². The SMILES string of the molecule is COc1ccccc1N1CC(C(=O)NC2CCCc3ccccc32)CC1=O. The van der Waals surface area contributed by atoms with Gasteiger partial charge in [-0.2, -0.15) is 0 Å². The monoisotopic (exact) mass is 364 g/mol. The molecule has 1 fully saturated rings. The normalized spacial score (nSPS) is 21.7. The predicted octanol–water partition coefficient (Wildman–Crippen LogP) is 3.24. The highest BCUT2D eigenvalue weighted by Crippen LogP contribution is 2.34. The van der Waals surface area contributed by atoms with Crippen molar-refractivity contribution in [3.63, 3.8) is 0 Å². The molecule has 2 unspecified atom stereocenters. The van der Waals surface area contributed by atoms with Crippen LogP contribution in [-0.2, 0) is 16.0 Å². The van der Waals surface area contributed by atoms with Gasteiger partial charge in [-0.15, -0.1) is 0 Å². The smallest absolute Gasteiger partial charge is 0.227 e. The molecule has 0 spiro atoms. The largest absolute Gasteiger partial charge is 0.495 e. The Labute approximate surface area is 159 Å². The highest BCUT2D eigenvalue weighted by atomic mass is 16.5. The van der Waals surface area contributed by atoms with Crippen LogP contribution in [0.3, 0.4) is 0 Å². The zero-order chi connectivity index (χ0) is 18.8. The lowest BCUT2D eigenvalue weighted by molar-refractivity contribution is -0.127. The molecule has 1 heterocycles. The lowest BCUT2D eigenvalue weighted by atomic mass is 9.87. The summed E-state index contributed by atoms with van der Waals surface area (Å²) in [6.07, 6.45) is 3.31. The molecule has 140 valence electrons. The summed E-state index contributed by atoms with van der Waals surface area (Å²) in [6.45, 7) is 0.388. The molecule has 5 heteroatoms. The van der Waals surface area contributed by atoms with E-state index in [9.17, 15) is 9.59 Å². The van der Waals surface area contributed by atoms with Crippen LogP contribution in [0.25, 0.3) is 0 Å². The lowest BCUT2D eigenvalue weighted by Gasteiger charge is -2.27. The van der Waals surface area contributed by atoms with E-state index >= 15 is 0 Å². The third-order valence-corrected chi connectivity index (χ3v) is 5.56. The highest BCUT2D eigenvalue weighted by Gasteiger charge is 2.37. The van der Waals surface area contributed by atoms with Crippen molar-refractivity contribution >= 4 is 17.5 Å². The maximum Gasteiger partial charge on any atom is 0.227 e. The summed E-state index contributed by atoms with van der Waals surface area (Å²) >= 11 is 0. The number of anilines is 1. The maximum atomic E-state index is 12.9. The van der Waals surface area contributed by atoms with Crippen LogP contribution in [0.2, 0.25) is 0 Å². The predicted molar refractivity (Wildman–Crippen MR) is 104 cm³/mol. The van der Waals surface area contributed by atoms with Gasteiger partial charge in [0.25, 0.3) is 0 Å². The zero-order valence-electron chi connectivity index (χ0n) is 15.5. The van der Waals surface area contributed by atoms with E-state index in [0.29, 0.717) is 12.3 Å². The van der Waals surface area contributed by atoms with Crippen LogP contribution in [0.4, 0.5) is 5.69 Å². The Kier molecular flexibility index (Phi) is 4.84. The summed E-state index contributed by atoms with van der Waals surface area (Å²) in [5.41, 5.74) is 3.25. The molecule has 5 nitrogen and oxygen atoms in total. The number of aryl methyl sites for hydroxylation is 1. The van der Waals surface area contributed by atoms with Gasteiger partial charge in [0.15, 0.2) is 0 Å². The molecule has 2 aromatic rings. The molecular formula is C22H24N2O3. The number of methoxy groups -OCH3 is 1. The number of nitrogens with zero attached hydrogens (tertiary/aromatic N) is 1. The molecule has 0 radical (unpaired) electrons. The van der Waals surface area contributed by atoms with Gasteiger partial charge in [-0.05, 0) is 42.5 Å². The Hall–Kier alpha value is -2.82. The van der Waals surface area contributed by atoms with Gasteiger partial charge in [0.2, 0.25) is 11.8 Å². The number of benzene rings is 2. The third-order valence-electron chi connectivity index (χ3n) is 5.56. The lowest BCUT2D eigenvalue weighted by Crippen LogP contribution is -2.36. The topological polar surface area (TPSA) is 58.6 Å². The van der Waals surface area contributed by atoms with Crippen molar-refractivity contribution in [1.82, 2.24) is 5.32 Å². The van der Waals surface area contributed by atoms with Gasteiger partial charge in [0, 0.05) is 13.0 Å². The van der Waals surface area contributed by atoms with Crippen molar-refractivity contribution in [2.24, 2.45) is 5.92 Å². The number of carbonyl (C=O) groups is 2. The molecule has 2 aliphatic rings. The summed E-state index contributed by atoms with van der Waals surface area (Å²) in [5, 5.41) is 3.19. The Balaban J connectivity index is 1.47. The van der Waals surface area contributed by atoms with E-state index in [1.807, 2.05) is 36.4 Å². The van der Waals surface area contributed by atoms with E-state index in [2.05, 4.69) is 17.4 Å². The van der Waals surface area contributed by atoms with Crippen molar-refractivity contribution < 1.29 is 14.3 Å². The Morgan fingerprint density at radius 2 is 1.93 bits per heavy atom. The van der Waals surface area contributed by atoms with Crippen LogP contribution in [0, 0.1) is 5.92 Å². The average Bonchev–Trinajstić information content (AvgIpc) is 3.10. The molecule has 2 atom stereocenters. The van der Waals surface area contributed by atoms with E-state index in [1.165, 1.54) is 11.1 Å². The zero-order valence-corrected chi connectivity index (χ0v) is 15.5. The first-order valence-corrected chi connectivity index (χ1v) is 9.49. The first-order chi connectivity index (χ1) is 13.2. The van der Waals surface area contributed by atoms with E-state index in [0.717, 1.165) is 24.9 Å². The van der Waals surface area contributed by atoms with E-state index < -0.39 is 0 Å². The number of hydrogen-bond donors (Lipinski definition) is 1. The number of para-hydroxylation sites is 2. The van der Waals surface area contributed by atoms with Crippen LogP contribution >= 0.6 is 0 Å². The minimum Gasteiger partial charge on any atom is -0.495 e. The van der Waals surface area contributed by atoms with Gasteiger partial charge < -0.3 is 15.0 Å². The number of amides is 2. The molecule has 4 rings (SSSR count). The van der Waals surface area contributed by atoms with E-state index in [-0.39, 0.29) is 30.2 Å². The fourth-order valence-corrected chi connectivity index (χ4v) is 4.16. The highest BCUT2D eigenvalue weighted by molar-refractivity contribution is 6.01. The van der Waals surface area contributed by atoms with E-state index in [1.54, 1.807) is 12.0 Å². The van der Waals surface area contributed by atoms with Crippen molar-refractivity contribution in [1.29, 1.82) is 0 Å². The number of nitrogens with one attached hydrogen (secondary N) is 1. The number of ether oxygens (including phenoxy) is 1.